The Kier molecular flexibility index (Phi) is 10.4. The van der Waals surface area contributed by atoms with Crippen LogP contribution in [0.15, 0.2) is 83.5 Å². The molecule has 0 N–H and O–H groups in total. The first-order valence-electron chi connectivity index (χ1n) is 13.6. The highest BCUT2D eigenvalue weighted by atomic mass is 79.9. The van der Waals surface area contributed by atoms with Gasteiger partial charge in [0.1, 0.15) is 21.9 Å². The quantitative estimate of drug-likeness (QED) is 0.152. The molecule has 0 fully saturated rings. The minimum Gasteiger partial charge on any atom is -0.494 e. The molecule has 3 aromatic carbocycles. The second-order valence-electron chi connectivity index (χ2n) is 9.35. The standard InChI is InChI=1S/C32H38BrN3O2/c1-4-7-19-36-30(31(33)34-32(36)27-15-9-8-10-16-27)24-35(22-25-13-11-17-28(20-25)37-5-2)23-26-14-12-18-29(21-26)38-6-3/h8-18,20-21H,4-7,19,22-24H2,1-3H3. The van der Waals surface area contributed by atoms with Crippen LogP contribution < -0.4 is 9.47 Å². The van der Waals surface area contributed by atoms with E-state index in [1.54, 1.807) is 0 Å². The topological polar surface area (TPSA) is 39.5 Å². The number of ether oxygens (including phenoxy) is 2. The highest BCUT2D eigenvalue weighted by Gasteiger charge is 2.20. The molecule has 0 amide bonds. The van der Waals surface area contributed by atoms with Gasteiger partial charge < -0.3 is 14.0 Å². The maximum absolute atomic E-state index is 5.79. The Hall–Kier alpha value is -3.09. The normalized spacial score (nSPS) is 11.2. The van der Waals surface area contributed by atoms with E-state index in [1.807, 2.05) is 32.0 Å². The van der Waals surface area contributed by atoms with E-state index in [4.69, 9.17) is 14.5 Å². The van der Waals surface area contributed by atoms with E-state index in [2.05, 4.69) is 93.0 Å². The second kappa shape index (κ2) is 14.2. The average molecular weight is 577 g/mol. The SMILES string of the molecule is CCCCn1c(-c2ccccc2)nc(Br)c1CN(Cc1cccc(OCC)c1)Cc1cccc(OCC)c1. The van der Waals surface area contributed by atoms with Gasteiger partial charge in [0.05, 0.1) is 18.9 Å². The van der Waals surface area contributed by atoms with E-state index in [-0.39, 0.29) is 0 Å². The number of benzene rings is 3. The summed E-state index contributed by atoms with van der Waals surface area (Å²) < 4.78 is 14.9. The Balaban J connectivity index is 1.69. The summed E-state index contributed by atoms with van der Waals surface area (Å²) in [6.45, 7) is 10.8. The van der Waals surface area contributed by atoms with E-state index in [1.165, 1.54) is 16.8 Å². The number of aromatic nitrogens is 2. The Morgan fingerprint density at radius 3 is 1.92 bits per heavy atom. The van der Waals surface area contributed by atoms with Crippen molar-refractivity contribution in [2.45, 2.75) is 59.8 Å². The summed E-state index contributed by atoms with van der Waals surface area (Å²) in [6.07, 6.45) is 2.23. The number of hydrogen-bond donors (Lipinski definition) is 0. The highest BCUT2D eigenvalue weighted by Crippen LogP contribution is 2.29. The molecule has 4 aromatic rings. The molecule has 0 atom stereocenters. The first-order chi connectivity index (χ1) is 18.6. The van der Waals surface area contributed by atoms with Gasteiger partial charge >= 0.3 is 0 Å². The van der Waals surface area contributed by atoms with E-state index >= 15 is 0 Å². The fourth-order valence-corrected chi connectivity index (χ4v) is 5.18. The Morgan fingerprint density at radius 2 is 1.37 bits per heavy atom. The van der Waals surface area contributed by atoms with Crippen LogP contribution in [0.3, 0.4) is 0 Å². The fourth-order valence-electron chi connectivity index (χ4n) is 4.67. The van der Waals surface area contributed by atoms with Crippen LogP contribution in [0.2, 0.25) is 0 Å². The monoisotopic (exact) mass is 575 g/mol. The Bertz CT molecular complexity index is 1240. The van der Waals surface area contributed by atoms with Crippen molar-refractivity contribution in [2.75, 3.05) is 13.2 Å². The van der Waals surface area contributed by atoms with Crippen LogP contribution in [0.25, 0.3) is 11.4 Å². The molecule has 0 saturated heterocycles. The van der Waals surface area contributed by atoms with Gasteiger partial charge in [-0.3, -0.25) is 4.90 Å². The smallest absolute Gasteiger partial charge is 0.141 e. The maximum atomic E-state index is 5.79. The van der Waals surface area contributed by atoms with Gasteiger partial charge in [-0.25, -0.2) is 4.98 Å². The second-order valence-corrected chi connectivity index (χ2v) is 10.1. The molecule has 1 heterocycles. The first kappa shape index (κ1) is 27.9. The zero-order valence-electron chi connectivity index (χ0n) is 22.7. The molecule has 0 bridgehead atoms. The Labute approximate surface area is 235 Å². The largest absolute Gasteiger partial charge is 0.494 e. The predicted molar refractivity (Wildman–Crippen MR) is 158 cm³/mol. The maximum Gasteiger partial charge on any atom is 0.141 e. The molecule has 0 spiro atoms. The number of imidazole rings is 1. The number of halogens is 1. The fraction of sp³-hybridized carbons (Fsp3) is 0.344. The van der Waals surface area contributed by atoms with Gasteiger partial charge in [0.15, 0.2) is 0 Å². The molecule has 0 aliphatic carbocycles. The third-order valence-corrected chi connectivity index (χ3v) is 7.03. The summed E-state index contributed by atoms with van der Waals surface area (Å²) >= 11 is 3.82. The summed E-state index contributed by atoms with van der Waals surface area (Å²) in [5.41, 5.74) is 4.77. The molecule has 1 aromatic heterocycles. The molecule has 4 rings (SSSR count). The van der Waals surface area contributed by atoms with Gasteiger partial charge in [-0.05, 0) is 71.6 Å². The van der Waals surface area contributed by atoms with E-state index in [9.17, 15) is 0 Å². The molecule has 0 radical (unpaired) electrons. The van der Waals surface area contributed by atoms with E-state index < -0.39 is 0 Å². The first-order valence-corrected chi connectivity index (χ1v) is 14.4. The van der Waals surface area contributed by atoms with Crippen LogP contribution in [-0.4, -0.2) is 27.7 Å². The lowest BCUT2D eigenvalue weighted by atomic mass is 10.1. The third kappa shape index (κ3) is 7.49. The van der Waals surface area contributed by atoms with Gasteiger partial charge in [-0.2, -0.15) is 0 Å². The number of hydrogen-bond acceptors (Lipinski definition) is 4. The van der Waals surface area contributed by atoms with Gasteiger partial charge in [-0.1, -0.05) is 67.9 Å². The lowest BCUT2D eigenvalue weighted by Crippen LogP contribution is -2.24. The van der Waals surface area contributed by atoms with Gasteiger partial charge in [-0.15, -0.1) is 0 Å². The Morgan fingerprint density at radius 1 is 0.763 bits per heavy atom. The van der Waals surface area contributed by atoms with Crippen LogP contribution in [0.5, 0.6) is 11.5 Å². The van der Waals surface area contributed by atoms with E-state index in [0.717, 1.165) is 66.5 Å². The molecule has 0 aliphatic heterocycles. The van der Waals surface area contributed by atoms with Crippen LogP contribution in [0.4, 0.5) is 0 Å². The minimum absolute atomic E-state index is 0.656. The average Bonchev–Trinajstić information content (AvgIpc) is 3.23. The predicted octanol–water partition coefficient (Wildman–Crippen LogP) is 8.11. The molecule has 38 heavy (non-hydrogen) atoms. The van der Waals surface area contributed by atoms with Crippen molar-refractivity contribution in [2.24, 2.45) is 0 Å². The van der Waals surface area contributed by atoms with Crippen molar-refractivity contribution in [3.8, 4) is 22.9 Å². The number of nitrogens with zero attached hydrogens (tertiary/aromatic N) is 3. The molecule has 0 unspecified atom stereocenters. The highest BCUT2D eigenvalue weighted by molar-refractivity contribution is 9.10. The van der Waals surface area contributed by atoms with Gasteiger partial charge in [0.2, 0.25) is 0 Å². The van der Waals surface area contributed by atoms with Gasteiger partial charge in [0.25, 0.3) is 0 Å². The van der Waals surface area contributed by atoms with Crippen molar-refractivity contribution in [1.29, 1.82) is 0 Å². The lowest BCUT2D eigenvalue weighted by Gasteiger charge is -2.24. The number of rotatable bonds is 14. The van der Waals surface area contributed by atoms with Crippen LogP contribution >= 0.6 is 15.9 Å². The van der Waals surface area contributed by atoms with E-state index in [0.29, 0.717) is 13.2 Å². The van der Waals surface area contributed by atoms with Crippen LogP contribution in [0.1, 0.15) is 50.4 Å². The molecular weight excluding hydrogens is 538 g/mol. The van der Waals surface area contributed by atoms with Crippen LogP contribution in [0, 0.1) is 0 Å². The summed E-state index contributed by atoms with van der Waals surface area (Å²) in [6, 6.07) is 27.3. The summed E-state index contributed by atoms with van der Waals surface area (Å²) in [4.78, 5) is 7.46. The molecule has 0 aliphatic rings. The zero-order chi connectivity index (χ0) is 26.7. The summed E-state index contributed by atoms with van der Waals surface area (Å²) in [7, 11) is 0. The number of unbranched alkanes of at least 4 members (excludes halogenated alkanes) is 1. The van der Waals surface area contributed by atoms with Crippen molar-refractivity contribution in [3.63, 3.8) is 0 Å². The summed E-state index contributed by atoms with van der Waals surface area (Å²) in [5, 5.41) is 0. The van der Waals surface area contributed by atoms with Crippen molar-refractivity contribution in [1.82, 2.24) is 14.5 Å². The third-order valence-electron chi connectivity index (χ3n) is 6.40. The van der Waals surface area contributed by atoms with Crippen molar-refractivity contribution >= 4 is 15.9 Å². The summed E-state index contributed by atoms with van der Waals surface area (Å²) in [5.74, 6) is 2.82. The molecule has 0 saturated carbocycles. The van der Waals surface area contributed by atoms with Crippen molar-refractivity contribution in [3.05, 3.63) is 100 Å². The molecule has 6 heteroatoms. The molecule has 5 nitrogen and oxygen atoms in total. The minimum atomic E-state index is 0.656. The lowest BCUT2D eigenvalue weighted by molar-refractivity contribution is 0.239. The van der Waals surface area contributed by atoms with Gasteiger partial charge in [0, 0.05) is 31.7 Å². The van der Waals surface area contributed by atoms with Crippen molar-refractivity contribution < 1.29 is 9.47 Å². The molecular formula is C32H38BrN3O2. The van der Waals surface area contributed by atoms with Crippen LogP contribution in [-0.2, 0) is 26.2 Å². The zero-order valence-corrected chi connectivity index (χ0v) is 24.3. The molecule has 200 valence electrons.